The molecule has 4 rings (SSSR count). The molecule has 1 saturated heterocycles. The maximum Gasteiger partial charge on any atom is 0.413 e. The van der Waals surface area contributed by atoms with Gasteiger partial charge in [-0.25, -0.2) is 19.3 Å². The van der Waals surface area contributed by atoms with Crippen LogP contribution in [-0.2, 0) is 9.57 Å². The third kappa shape index (κ3) is 6.49. The fourth-order valence-electron chi connectivity index (χ4n) is 3.37. The average molecular weight is 518 g/mol. The number of urea groups is 1. The largest absolute Gasteiger partial charge is 0.444 e. The summed E-state index contributed by atoms with van der Waals surface area (Å²) < 4.78 is 6.79. The molecule has 2 aromatic rings. The molecular formula is C23H31N7O5S. The van der Waals surface area contributed by atoms with Gasteiger partial charge in [0.25, 0.3) is 5.91 Å². The van der Waals surface area contributed by atoms with Crippen LogP contribution in [0, 0.1) is 0 Å². The zero-order valence-corrected chi connectivity index (χ0v) is 21.8. The van der Waals surface area contributed by atoms with E-state index in [9.17, 15) is 14.4 Å². The fourth-order valence-corrected chi connectivity index (χ4v) is 4.07. The van der Waals surface area contributed by atoms with Gasteiger partial charge in [-0.3, -0.25) is 14.9 Å². The number of thiazole rings is 1. The van der Waals surface area contributed by atoms with Gasteiger partial charge in [-0.15, -0.1) is 6.58 Å². The third-order valence-electron chi connectivity index (χ3n) is 4.70. The number of hydroxylamine groups is 2. The number of ether oxygens (including phenoxy) is 1. The zero-order valence-electron chi connectivity index (χ0n) is 21.0. The van der Waals surface area contributed by atoms with E-state index in [4.69, 9.17) is 9.57 Å². The van der Waals surface area contributed by atoms with E-state index in [-0.39, 0.29) is 23.8 Å². The van der Waals surface area contributed by atoms with Crippen molar-refractivity contribution in [1.29, 1.82) is 0 Å². The first kappa shape index (κ1) is 26.9. The summed E-state index contributed by atoms with van der Waals surface area (Å²) in [6.07, 6.45) is 5.92. The number of fused-ring (bicyclic) bond motifs is 2. The van der Waals surface area contributed by atoms with Crippen LogP contribution in [0.25, 0.3) is 5.70 Å². The van der Waals surface area contributed by atoms with Crippen LogP contribution in [-0.4, -0.2) is 74.1 Å². The number of nitrogens with one attached hydrogen (secondary N) is 2. The number of amides is 4. The molecule has 0 aliphatic carbocycles. The molecule has 2 N–H and O–H groups in total. The lowest BCUT2D eigenvalue weighted by molar-refractivity contribution is -0.107. The fraction of sp³-hybridized carbons (Fsp3) is 0.435. The summed E-state index contributed by atoms with van der Waals surface area (Å²) in [5.41, 5.74) is 0.144. The average Bonchev–Trinajstić information content (AvgIpc) is 3.53. The van der Waals surface area contributed by atoms with Crippen LogP contribution in [0.15, 0.2) is 37.2 Å². The van der Waals surface area contributed by atoms with E-state index in [0.717, 1.165) is 17.0 Å². The standard InChI is InChI=1S/C21H25N7O5S.C2H6/c1-5-8-32-28-14-9-13(11-26(12-14)20(28)31)27-7-6-16(25-27)23-17(29)15-10-22-18(34-15)24-19(30)33-21(2,3)4;1-2/h5-7,9-10,14H,1,8,11-12H2,2-4H3,(H,22,24,30)(H,23,25,29);1-2H3. The molecular weight excluding hydrogens is 486 g/mol. The van der Waals surface area contributed by atoms with E-state index in [0.29, 0.717) is 23.8 Å². The predicted octanol–water partition coefficient (Wildman–Crippen LogP) is 4.04. The number of hydrogen-bond acceptors (Lipinski definition) is 8. The van der Waals surface area contributed by atoms with E-state index in [1.165, 1.54) is 11.3 Å². The van der Waals surface area contributed by atoms with E-state index in [2.05, 4.69) is 27.3 Å². The number of aromatic nitrogens is 3. The molecule has 1 unspecified atom stereocenters. The summed E-state index contributed by atoms with van der Waals surface area (Å²) >= 11 is 1.01. The SMILES string of the molecule is C=CCON1C(=O)N2CC(n3ccc(NC(=O)c4cnc(NC(=O)OC(C)(C)C)s4)n3)=CC1C2.CC. The van der Waals surface area contributed by atoms with E-state index >= 15 is 0 Å². The van der Waals surface area contributed by atoms with Gasteiger partial charge in [-0.1, -0.05) is 31.3 Å². The highest BCUT2D eigenvalue weighted by molar-refractivity contribution is 7.17. The molecule has 2 aliphatic heterocycles. The van der Waals surface area contributed by atoms with Crippen molar-refractivity contribution in [3.05, 3.63) is 42.1 Å². The highest BCUT2D eigenvalue weighted by atomic mass is 32.1. The van der Waals surface area contributed by atoms with Crippen LogP contribution in [0.1, 0.15) is 44.3 Å². The predicted molar refractivity (Wildman–Crippen MR) is 137 cm³/mol. The first-order chi connectivity index (χ1) is 17.1. The molecule has 1 atom stereocenters. The van der Waals surface area contributed by atoms with Gasteiger partial charge in [0, 0.05) is 18.8 Å². The lowest BCUT2D eigenvalue weighted by Gasteiger charge is -2.21. The summed E-state index contributed by atoms with van der Waals surface area (Å²) in [5, 5.41) is 11.2. The molecule has 194 valence electrons. The van der Waals surface area contributed by atoms with Gasteiger partial charge in [0.1, 0.15) is 10.5 Å². The van der Waals surface area contributed by atoms with Gasteiger partial charge in [0.15, 0.2) is 10.9 Å². The minimum atomic E-state index is -0.648. The molecule has 0 spiro atoms. The lowest BCUT2D eigenvalue weighted by atomic mass is 10.2. The Labute approximate surface area is 213 Å². The Morgan fingerprint density at radius 1 is 1.31 bits per heavy atom. The molecule has 4 amide bonds. The monoisotopic (exact) mass is 517 g/mol. The van der Waals surface area contributed by atoms with Gasteiger partial charge in [-0.2, -0.15) is 10.2 Å². The highest BCUT2D eigenvalue weighted by Gasteiger charge is 2.41. The second kappa shape index (κ2) is 11.4. The number of anilines is 2. The van der Waals surface area contributed by atoms with Crippen molar-refractivity contribution >= 4 is 46.0 Å². The number of carbonyl (C=O) groups is 3. The molecule has 2 aliphatic rings. The Hall–Kier alpha value is -3.71. The number of nitrogens with zero attached hydrogens (tertiary/aromatic N) is 5. The third-order valence-corrected chi connectivity index (χ3v) is 5.61. The molecule has 12 nitrogen and oxygen atoms in total. The maximum absolute atomic E-state index is 12.6. The van der Waals surface area contributed by atoms with Crippen molar-refractivity contribution in [3.8, 4) is 0 Å². The number of rotatable bonds is 7. The molecule has 36 heavy (non-hydrogen) atoms. The first-order valence-electron chi connectivity index (χ1n) is 11.5. The van der Waals surface area contributed by atoms with E-state index in [1.54, 1.807) is 48.7 Å². The number of hydrogen-bond donors (Lipinski definition) is 2. The Bertz CT molecular complexity index is 1150. The van der Waals surface area contributed by atoms with Crippen molar-refractivity contribution in [3.63, 3.8) is 0 Å². The Balaban J connectivity index is 0.00000176. The molecule has 2 bridgehead atoms. The molecule has 1 fully saturated rings. The Morgan fingerprint density at radius 3 is 2.75 bits per heavy atom. The van der Waals surface area contributed by atoms with Crippen LogP contribution >= 0.6 is 11.3 Å². The van der Waals surface area contributed by atoms with Crippen molar-refractivity contribution < 1.29 is 24.0 Å². The maximum atomic E-state index is 12.6. The van der Waals surface area contributed by atoms with Crippen molar-refractivity contribution in [2.45, 2.75) is 46.3 Å². The normalized spacial score (nSPS) is 16.6. The summed E-state index contributed by atoms with van der Waals surface area (Å²) in [6.45, 7) is 14.0. The van der Waals surface area contributed by atoms with Crippen LogP contribution < -0.4 is 10.6 Å². The molecule has 13 heteroatoms. The van der Waals surface area contributed by atoms with E-state index in [1.807, 2.05) is 19.9 Å². The molecule has 2 aromatic heterocycles. The van der Waals surface area contributed by atoms with Gasteiger partial charge in [-0.05, 0) is 26.8 Å². The number of carbonyl (C=O) groups excluding carboxylic acids is 3. The van der Waals surface area contributed by atoms with Crippen LogP contribution in [0.2, 0.25) is 0 Å². The van der Waals surface area contributed by atoms with Crippen molar-refractivity contribution in [2.24, 2.45) is 0 Å². The zero-order chi connectivity index (χ0) is 26.5. The highest BCUT2D eigenvalue weighted by Crippen LogP contribution is 2.27. The summed E-state index contributed by atoms with van der Waals surface area (Å²) in [6, 6.07) is 1.21. The summed E-state index contributed by atoms with van der Waals surface area (Å²) in [5.74, 6) is -0.0828. The van der Waals surface area contributed by atoms with Gasteiger partial charge in [0.2, 0.25) is 0 Å². The minimum absolute atomic E-state index is 0.209. The van der Waals surface area contributed by atoms with E-state index < -0.39 is 17.6 Å². The van der Waals surface area contributed by atoms with Gasteiger partial charge in [0.05, 0.1) is 31.1 Å². The van der Waals surface area contributed by atoms with Crippen LogP contribution in [0.3, 0.4) is 0 Å². The van der Waals surface area contributed by atoms with Crippen molar-refractivity contribution in [2.75, 3.05) is 30.3 Å². The second-order valence-electron chi connectivity index (χ2n) is 8.55. The molecule has 4 heterocycles. The smallest absolute Gasteiger partial charge is 0.413 e. The quantitative estimate of drug-likeness (QED) is 0.530. The van der Waals surface area contributed by atoms with Crippen LogP contribution in [0.5, 0.6) is 0 Å². The van der Waals surface area contributed by atoms with Gasteiger partial charge >= 0.3 is 12.1 Å². The van der Waals surface area contributed by atoms with Gasteiger partial charge < -0.3 is 15.0 Å². The lowest BCUT2D eigenvalue weighted by Crippen LogP contribution is -2.33. The molecule has 0 saturated carbocycles. The molecule has 0 radical (unpaired) electrons. The Kier molecular flexibility index (Phi) is 8.48. The summed E-state index contributed by atoms with van der Waals surface area (Å²) in [7, 11) is 0. The second-order valence-corrected chi connectivity index (χ2v) is 9.59. The van der Waals surface area contributed by atoms with Crippen molar-refractivity contribution in [1.82, 2.24) is 24.7 Å². The van der Waals surface area contributed by atoms with Crippen LogP contribution in [0.4, 0.5) is 20.5 Å². The Morgan fingerprint density at radius 2 is 2.06 bits per heavy atom. The summed E-state index contributed by atoms with van der Waals surface area (Å²) in [4.78, 5) is 48.4. The molecule has 0 aromatic carbocycles. The topological polar surface area (TPSA) is 131 Å². The first-order valence-corrected chi connectivity index (χ1v) is 12.3. The minimum Gasteiger partial charge on any atom is -0.444 e.